The van der Waals surface area contributed by atoms with Crippen LogP contribution in [0.2, 0.25) is 0 Å². The average molecular weight is 196 g/mol. The number of hydrogen-bond donors (Lipinski definition) is 0. The molecule has 1 rings (SSSR count). The van der Waals surface area contributed by atoms with Gasteiger partial charge in [0.05, 0.1) is 12.0 Å². The number of ketones is 1. The Morgan fingerprint density at radius 2 is 2.23 bits per heavy atom. The number of methoxy groups -OCH3 is 1. The molecule has 1 aromatic rings. The maximum atomic E-state index is 11.2. The van der Waals surface area contributed by atoms with Crippen molar-refractivity contribution in [3.05, 3.63) is 34.5 Å². The van der Waals surface area contributed by atoms with E-state index in [-0.39, 0.29) is 5.78 Å². The Labute approximate surface area is 79.6 Å². The summed E-state index contributed by atoms with van der Waals surface area (Å²) in [6.45, 7) is 0. The molecule has 0 unspecified atom stereocenters. The molecule has 0 amide bonds. The highest BCUT2D eigenvalue weighted by molar-refractivity contribution is 7.12. The van der Waals surface area contributed by atoms with Gasteiger partial charge < -0.3 is 4.74 Å². The minimum absolute atomic E-state index is 0.180. The van der Waals surface area contributed by atoms with Gasteiger partial charge >= 0.3 is 5.97 Å². The summed E-state index contributed by atoms with van der Waals surface area (Å²) in [4.78, 5) is 22.5. The van der Waals surface area contributed by atoms with Crippen LogP contribution < -0.4 is 0 Å². The lowest BCUT2D eigenvalue weighted by Crippen LogP contribution is -1.97. The molecule has 68 valence electrons. The van der Waals surface area contributed by atoms with Crippen LogP contribution in [0.3, 0.4) is 0 Å². The number of carbonyl (C=O) groups is 2. The van der Waals surface area contributed by atoms with Crippen LogP contribution in [0, 0.1) is 0 Å². The predicted octanol–water partition coefficient (Wildman–Crippen LogP) is 1.66. The molecule has 0 radical (unpaired) electrons. The molecule has 0 saturated heterocycles. The highest BCUT2D eigenvalue weighted by Crippen LogP contribution is 2.09. The zero-order valence-electron chi connectivity index (χ0n) is 7.02. The molecule has 1 aromatic heterocycles. The van der Waals surface area contributed by atoms with E-state index in [0.717, 1.165) is 6.08 Å². The van der Waals surface area contributed by atoms with E-state index in [1.807, 2.05) is 0 Å². The fraction of sp³-hybridized carbons (Fsp3) is 0.111. The normalized spacial score (nSPS) is 10.2. The topological polar surface area (TPSA) is 43.4 Å². The summed E-state index contributed by atoms with van der Waals surface area (Å²) in [5.74, 6) is -0.703. The Bertz CT molecular complexity index is 325. The molecule has 0 saturated carbocycles. The van der Waals surface area contributed by atoms with Gasteiger partial charge in [-0.2, -0.15) is 0 Å². The highest BCUT2D eigenvalue weighted by atomic mass is 32.1. The molecule has 0 N–H and O–H groups in total. The van der Waals surface area contributed by atoms with E-state index < -0.39 is 5.97 Å². The molecule has 0 aromatic carbocycles. The number of thiophene rings is 1. The number of carbonyl (C=O) groups excluding carboxylic acids is 2. The van der Waals surface area contributed by atoms with Crippen molar-refractivity contribution >= 4 is 23.1 Å². The summed E-state index contributed by atoms with van der Waals surface area (Å²) in [5.41, 5.74) is 0. The summed E-state index contributed by atoms with van der Waals surface area (Å²) < 4.78 is 4.34. The SMILES string of the molecule is COC(=O)/C=C/C(=O)c1cccs1. The van der Waals surface area contributed by atoms with Crippen LogP contribution in [-0.2, 0) is 9.53 Å². The van der Waals surface area contributed by atoms with Gasteiger partial charge in [-0.3, -0.25) is 4.79 Å². The van der Waals surface area contributed by atoms with E-state index in [9.17, 15) is 9.59 Å². The Morgan fingerprint density at radius 1 is 1.46 bits per heavy atom. The first-order chi connectivity index (χ1) is 6.24. The van der Waals surface area contributed by atoms with Crippen LogP contribution in [0.15, 0.2) is 29.7 Å². The lowest BCUT2D eigenvalue weighted by atomic mass is 10.3. The zero-order chi connectivity index (χ0) is 9.68. The zero-order valence-corrected chi connectivity index (χ0v) is 7.84. The molecule has 0 bridgehead atoms. The largest absolute Gasteiger partial charge is 0.466 e. The number of esters is 1. The molecular weight excluding hydrogens is 188 g/mol. The van der Waals surface area contributed by atoms with E-state index >= 15 is 0 Å². The molecule has 0 spiro atoms. The third kappa shape index (κ3) is 2.83. The minimum Gasteiger partial charge on any atom is -0.466 e. The van der Waals surface area contributed by atoms with E-state index in [0.29, 0.717) is 4.88 Å². The van der Waals surface area contributed by atoms with Crippen LogP contribution in [0.4, 0.5) is 0 Å². The highest BCUT2D eigenvalue weighted by Gasteiger charge is 2.02. The molecule has 0 fully saturated rings. The van der Waals surface area contributed by atoms with Gasteiger partial charge in [0.1, 0.15) is 0 Å². The number of rotatable bonds is 3. The second-order valence-corrected chi connectivity index (χ2v) is 3.15. The Hall–Kier alpha value is -1.42. The van der Waals surface area contributed by atoms with Crippen LogP contribution in [0.1, 0.15) is 9.67 Å². The lowest BCUT2D eigenvalue weighted by Gasteiger charge is -1.89. The minimum atomic E-state index is -0.523. The molecule has 0 aliphatic rings. The Kier molecular flexibility index (Phi) is 3.40. The van der Waals surface area contributed by atoms with Crippen molar-refractivity contribution in [2.45, 2.75) is 0 Å². The van der Waals surface area contributed by atoms with Gasteiger partial charge in [0.2, 0.25) is 0 Å². The fourth-order valence-corrected chi connectivity index (χ4v) is 1.36. The number of allylic oxidation sites excluding steroid dienone is 1. The lowest BCUT2D eigenvalue weighted by molar-refractivity contribution is -0.134. The first-order valence-electron chi connectivity index (χ1n) is 3.58. The second-order valence-electron chi connectivity index (χ2n) is 2.20. The number of ether oxygens (including phenoxy) is 1. The van der Waals surface area contributed by atoms with Crippen molar-refractivity contribution in [3.63, 3.8) is 0 Å². The van der Waals surface area contributed by atoms with E-state index in [4.69, 9.17) is 0 Å². The van der Waals surface area contributed by atoms with E-state index in [2.05, 4.69) is 4.74 Å². The first-order valence-corrected chi connectivity index (χ1v) is 4.46. The van der Waals surface area contributed by atoms with Crippen molar-refractivity contribution < 1.29 is 14.3 Å². The second kappa shape index (κ2) is 4.57. The molecule has 13 heavy (non-hydrogen) atoms. The Morgan fingerprint density at radius 3 is 2.77 bits per heavy atom. The van der Waals surface area contributed by atoms with Crippen molar-refractivity contribution in [2.24, 2.45) is 0 Å². The summed E-state index contributed by atoms with van der Waals surface area (Å²) in [5, 5.41) is 1.80. The first kappa shape index (κ1) is 9.67. The predicted molar refractivity (Wildman–Crippen MR) is 49.8 cm³/mol. The standard InChI is InChI=1S/C9H8O3S/c1-12-9(11)5-4-7(10)8-3-2-6-13-8/h2-6H,1H3/b5-4+. The van der Waals surface area contributed by atoms with E-state index in [1.165, 1.54) is 24.5 Å². The van der Waals surface area contributed by atoms with Crippen molar-refractivity contribution in [2.75, 3.05) is 7.11 Å². The van der Waals surface area contributed by atoms with Crippen LogP contribution >= 0.6 is 11.3 Å². The third-order valence-electron chi connectivity index (χ3n) is 1.34. The molecule has 1 heterocycles. The van der Waals surface area contributed by atoms with Gasteiger partial charge in [0, 0.05) is 6.08 Å². The smallest absolute Gasteiger partial charge is 0.330 e. The van der Waals surface area contributed by atoms with Crippen LogP contribution in [-0.4, -0.2) is 18.9 Å². The molecule has 4 heteroatoms. The van der Waals surface area contributed by atoms with Crippen molar-refractivity contribution in [1.82, 2.24) is 0 Å². The molecule has 0 aliphatic carbocycles. The molecule has 0 atom stereocenters. The van der Waals surface area contributed by atoms with Crippen LogP contribution in [0.25, 0.3) is 0 Å². The van der Waals surface area contributed by atoms with Gasteiger partial charge in [0.25, 0.3) is 0 Å². The van der Waals surface area contributed by atoms with Gasteiger partial charge in [-0.25, -0.2) is 4.79 Å². The Balaban J connectivity index is 2.61. The van der Waals surface area contributed by atoms with Gasteiger partial charge in [-0.05, 0) is 17.5 Å². The summed E-state index contributed by atoms with van der Waals surface area (Å²) in [6.07, 6.45) is 2.32. The monoisotopic (exact) mass is 196 g/mol. The maximum absolute atomic E-state index is 11.2. The quantitative estimate of drug-likeness (QED) is 0.419. The third-order valence-corrected chi connectivity index (χ3v) is 2.22. The maximum Gasteiger partial charge on any atom is 0.330 e. The average Bonchev–Trinajstić information content (AvgIpc) is 2.66. The molecule has 3 nitrogen and oxygen atoms in total. The summed E-state index contributed by atoms with van der Waals surface area (Å²) >= 11 is 1.34. The van der Waals surface area contributed by atoms with Gasteiger partial charge in [-0.15, -0.1) is 11.3 Å². The molecule has 0 aliphatic heterocycles. The summed E-state index contributed by atoms with van der Waals surface area (Å²) in [6, 6.07) is 3.48. The van der Waals surface area contributed by atoms with Crippen molar-refractivity contribution in [3.8, 4) is 0 Å². The van der Waals surface area contributed by atoms with E-state index in [1.54, 1.807) is 17.5 Å². The summed E-state index contributed by atoms with van der Waals surface area (Å²) in [7, 11) is 1.27. The van der Waals surface area contributed by atoms with Gasteiger partial charge in [0.15, 0.2) is 5.78 Å². The van der Waals surface area contributed by atoms with Crippen LogP contribution in [0.5, 0.6) is 0 Å². The molecular formula is C9H8O3S. The fourth-order valence-electron chi connectivity index (χ4n) is 0.713. The van der Waals surface area contributed by atoms with Gasteiger partial charge in [-0.1, -0.05) is 6.07 Å². The number of hydrogen-bond acceptors (Lipinski definition) is 4. The van der Waals surface area contributed by atoms with Crippen molar-refractivity contribution in [1.29, 1.82) is 0 Å².